The molecular formula is C28H34N2O4S. The van der Waals surface area contributed by atoms with Crippen molar-refractivity contribution in [1.29, 1.82) is 0 Å². The third-order valence-corrected chi connectivity index (χ3v) is 7.79. The van der Waals surface area contributed by atoms with Gasteiger partial charge in [-0.3, -0.25) is 9.59 Å². The highest BCUT2D eigenvalue weighted by molar-refractivity contribution is 7.98. The van der Waals surface area contributed by atoms with Gasteiger partial charge >= 0.3 is 0 Å². The molecule has 0 saturated carbocycles. The second-order valence-electron chi connectivity index (χ2n) is 9.06. The summed E-state index contributed by atoms with van der Waals surface area (Å²) >= 11 is 1.66. The first kappa shape index (κ1) is 25.2. The highest BCUT2D eigenvalue weighted by atomic mass is 32.2. The van der Waals surface area contributed by atoms with Crippen LogP contribution in [-0.4, -0.2) is 50.8 Å². The van der Waals surface area contributed by atoms with E-state index in [1.807, 2.05) is 30.5 Å². The maximum Gasteiger partial charge on any atom is 0.254 e. The molecule has 2 unspecified atom stereocenters. The van der Waals surface area contributed by atoms with E-state index in [-0.39, 0.29) is 11.8 Å². The molecule has 186 valence electrons. The summed E-state index contributed by atoms with van der Waals surface area (Å²) < 4.78 is 11.0. The predicted octanol–water partition coefficient (Wildman–Crippen LogP) is 5.34. The molecule has 2 aliphatic rings. The summed E-state index contributed by atoms with van der Waals surface area (Å²) in [6.45, 7) is 0.583. The second kappa shape index (κ2) is 11.2. The molecule has 2 aromatic rings. The molecule has 1 N–H and O–H groups in total. The molecule has 6 nitrogen and oxygen atoms in total. The molecule has 1 heterocycles. The van der Waals surface area contributed by atoms with Crippen LogP contribution in [0.15, 0.2) is 52.9 Å². The summed E-state index contributed by atoms with van der Waals surface area (Å²) in [6.07, 6.45) is 9.90. The maximum atomic E-state index is 13.8. The molecule has 0 saturated heterocycles. The number of allylic oxidation sites excluding steroid dienone is 1. The molecule has 2 amide bonds. The van der Waals surface area contributed by atoms with Crippen LogP contribution >= 0.6 is 11.8 Å². The molecule has 4 rings (SSSR count). The summed E-state index contributed by atoms with van der Waals surface area (Å²) in [4.78, 5) is 30.0. The number of hydrogen-bond acceptors (Lipinski definition) is 5. The van der Waals surface area contributed by atoms with Crippen molar-refractivity contribution in [3.8, 4) is 11.5 Å². The number of amides is 2. The predicted molar refractivity (Wildman–Crippen MR) is 140 cm³/mol. The van der Waals surface area contributed by atoms with Gasteiger partial charge in [-0.15, -0.1) is 11.8 Å². The third-order valence-electron chi connectivity index (χ3n) is 7.04. The molecule has 0 bridgehead atoms. The fourth-order valence-corrected chi connectivity index (χ4v) is 5.55. The van der Waals surface area contributed by atoms with Gasteiger partial charge in [-0.1, -0.05) is 23.8 Å². The number of ether oxygens (including phenoxy) is 2. The van der Waals surface area contributed by atoms with Crippen molar-refractivity contribution in [2.75, 3.05) is 34.1 Å². The lowest BCUT2D eigenvalue weighted by molar-refractivity contribution is -0.124. The number of nitrogens with one attached hydrogen (secondary N) is 1. The fraction of sp³-hybridized carbons (Fsp3) is 0.429. The molecule has 2 atom stereocenters. The number of carbonyl (C=O) groups is 2. The van der Waals surface area contributed by atoms with Crippen LogP contribution in [0.1, 0.15) is 65.5 Å². The number of fused-ring (bicyclic) bond motifs is 1. The van der Waals surface area contributed by atoms with Gasteiger partial charge in [0.05, 0.1) is 26.2 Å². The van der Waals surface area contributed by atoms with Crippen molar-refractivity contribution in [2.24, 2.45) is 0 Å². The van der Waals surface area contributed by atoms with Gasteiger partial charge in [0, 0.05) is 24.1 Å². The van der Waals surface area contributed by atoms with E-state index in [1.165, 1.54) is 18.4 Å². The lowest BCUT2D eigenvalue weighted by atomic mass is 9.79. The number of hydrogen-bond donors (Lipinski definition) is 1. The number of methoxy groups -OCH3 is 2. The zero-order valence-electron chi connectivity index (χ0n) is 20.9. The Balaban J connectivity index is 1.72. The third kappa shape index (κ3) is 5.20. The fourth-order valence-electron chi connectivity index (χ4n) is 5.14. The zero-order chi connectivity index (χ0) is 24.9. The Bertz CT molecular complexity index is 1110. The van der Waals surface area contributed by atoms with E-state index in [2.05, 4.69) is 11.4 Å². The smallest absolute Gasteiger partial charge is 0.254 e. The Morgan fingerprint density at radius 1 is 1.11 bits per heavy atom. The normalized spacial score (nSPS) is 19.6. The average Bonchev–Trinajstić information content (AvgIpc) is 2.90. The van der Waals surface area contributed by atoms with E-state index >= 15 is 0 Å². The van der Waals surface area contributed by atoms with Crippen molar-refractivity contribution in [3.05, 3.63) is 64.7 Å². The van der Waals surface area contributed by atoms with Gasteiger partial charge in [-0.05, 0) is 73.8 Å². The van der Waals surface area contributed by atoms with Gasteiger partial charge in [0.2, 0.25) is 5.91 Å². The summed E-state index contributed by atoms with van der Waals surface area (Å²) in [6, 6.07) is 11.1. The maximum absolute atomic E-state index is 13.8. The molecule has 2 aromatic carbocycles. The van der Waals surface area contributed by atoms with Gasteiger partial charge in [0.15, 0.2) is 11.5 Å². The van der Waals surface area contributed by atoms with Gasteiger partial charge in [0.25, 0.3) is 5.91 Å². The Labute approximate surface area is 212 Å². The first-order chi connectivity index (χ1) is 17.0. The number of nitrogens with zero attached hydrogens (tertiary/aromatic N) is 1. The zero-order valence-corrected chi connectivity index (χ0v) is 21.7. The van der Waals surface area contributed by atoms with Crippen LogP contribution < -0.4 is 14.8 Å². The Hall–Kier alpha value is -2.93. The minimum Gasteiger partial charge on any atom is -0.493 e. The van der Waals surface area contributed by atoms with E-state index < -0.39 is 12.0 Å². The quantitative estimate of drug-likeness (QED) is 0.396. The van der Waals surface area contributed by atoms with Crippen LogP contribution in [0.4, 0.5) is 0 Å². The molecule has 0 radical (unpaired) electrons. The number of thioether (sulfide) groups is 1. The topological polar surface area (TPSA) is 67.9 Å². The van der Waals surface area contributed by atoms with E-state index in [9.17, 15) is 9.59 Å². The van der Waals surface area contributed by atoms with E-state index in [4.69, 9.17) is 9.47 Å². The Morgan fingerprint density at radius 3 is 2.46 bits per heavy atom. The van der Waals surface area contributed by atoms with Crippen molar-refractivity contribution >= 4 is 23.6 Å². The SMILES string of the molecule is COc1cc2c(cc1OC)C(C(=O)NCCC1=CCCCC1)C(c1ccc(SC)cc1)N(C)C2=O. The highest BCUT2D eigenvalue weighted by Gasteiger charge is 2.43. The Kier molecular flexibility index (Phi) is 8.06. The van der Waals surface area contributed by atoms with Crippen molar-refractivity contribution < 1.29 is 19.1 Å². The summed E-state index contributed by atoms with van der Waals surface area (Å²) in [5.41, 5.74) is 3.48. The number of benzene rings is 2. The molecule has 1 aliphatic carbocycles. The molecule has 0 aromatic heterocycles. The standard InChI is InChI=1S/C28H34N2O4S/c1-30-26(19-10-12-20(35-4)13-11-19)25(27(31)29-15-14-18-8-6-5-7-9-18)21-16-23(33-2)24(34-3)17-22(21)28(30)32/h8,10-13,16-17,25-26H,5-7,9,14-15H2,1-4H3,(H,29,31). The van der Waals surface area contributed by atoms with Crippen LogP contribution in [-0.2, 0) is 4.79 Å². The van der Waals surface area contributed by atoms with Crippen molar-refractivity contribution in [3.63, 3.8) is 0 Å². The minimum absolute atomic E-state index is 0.0897. The first-order valence-corrected chi connectivity index (χ1v) is 13.3. The first-order valence-electron chi connectivity index (χ1n) is 12.1. The van der Waals surface area contributed by atoms with Gasteiger partial charge in [0.1, 0.15) is 0 Å². The van der Waals surface area contributed by atoms with Crippen molar-refractivity contribution in [2.45, 2.75) is 49.0 Å². The van der Waals surface area contributed by atoms with E-state index in [0.29, 0.717) is 29.2 Å². The van der Waals surface area contributed by atoms with Crippen molar-refractivity contribution in [1.82, 2.24) is 10.2 Å². The monoisotopic (exact) mass is 494 g/mol. The van der Waals surface area contributed by atoms with Gasteiger partial charge in [-0.2, -0.15) is 0 Å². The molecule has 35 heavy (non-hydrogen) atoms. The molecule has 0 fully saturated rings. The molecular weight excluding hydrogens is 460 g/mol. The molecule has 0 spiro atoms. The molecule has 1 aliphatic heterocycles. The minimum atomic E-state index is -0.576. The van der Waals surface area contributed by atoms with Crippen LogP contribution in [0.25, 0.3) is 0 Å². The van der Waals surface area contributed by atoms with Crippen LogP contribution in [0.2, 0.25) is 0 Å². The highest BCUT2D eigenvalue weighted by Crippen LogP contribution is 2.45. The summed E-state index contributed by atoms with van der Waals surface area (Å²) in [7, 11) is 4.87. The summed E-state index contributed by atoms with van der Waals surface area (Å²) in [5, 5.41) is 3.17. The second-order valence-corrected chi connectivity index (χ2v) is 9.94. The average molecular weight is 495 g/mol. The lowest BCUT2D eigenvalue weighted by Crippen LogP contribution is -2.45. The number of carbonyl (C=O) groups excluding carboxylic acids is 2. The molecule has 7 heteroatoms. The summed E-state index contributed by atoms with van der Waals surface area (Å²) in [5.74, 6) is 0.168. The van der Waals surface area contributed by atoms with Crippen LogP contribution in [0.5, 0.6) is 11.5 Å². The van der Waals surface area contributed by atoms with Crippen LogP contribution in [0, 0.1) is 0 Å². The van der Waals surface area contributed by atoms with Gasteiger partial charge in [-0.25, -0.2) is 0 Å². The van der Waals surface area contributed by atoms with Crippen LogP contribution in [0.3, 0.4) is 0 Å². The van der Waals surface area contributed by atoms with Gasteiger partial charge < -0.3 is 19.7 Å². The van der Waals surface area contributed by atoms with E-state index in [0.717, 1.165) is 29.7 Å². The lowest BCUT2D eigenvalue weighted by Gasteiger charge is -2.40. The number of rotatable bonds is 8. The van der Waals surface area contributed by atoms with E-state index in [1.54, 1.807) is 50.1 Å². The Morgan fingerprint density at radius 2 is 1.83 bits per heavy atom. The largest absolute Gasteiger partial charge is 0.493 e. The number of likely N-dealkylation sites (N-methyl/N-ethyl adjacent to an activating group) is 1.